The highest BCUT2D eigenvalue weighted by atomic mass is 32.1. The highest BCUT2D eigenvalue weighted by Crippen LogP contribution is 2.49. The first-order chi connectivity index (χ1) is 30.6. The van der Waals surface area contributed by atoms with Crippen LogP contribution in [0.15, 0.2) is 163 Å². The lowest BCUT2D eigenvalue weighted by molar-refractivity contribution is -0.435. The molecule has 63 heavy (non-hydrogen) atoms. The summed E-state index contributed by atoms with van der Waals surface area (Å²) in [7, 11) is 0. The molecule has 5 aromatic carbocycles. The fraction of sp³-hybridized carbons (Fsp3) is 0.196. The molecule has 0 unspecified atom stereocenters. The van der Waals surface area contributed by atoms with E-state index >= 15 is 0 Å². The number of aryl methyl sites for hydroxylation is 4. The summed E-state index contributed by atoms with van der Waals surface area (Å²) in [5, 5.41) is 12.0. The fourth-order valence-electron chi connectivity index (χ4n) is 8.52. The number of nitrogens with zero attached hydrogens (tertiary/aromatic N) is 4. The maximum Gasteiger partial charge on any atom is 0.333 e. The van der Waals surface area contributed by atoms with Gasteiger partial charge in [0.25, 0.3) is 0 Å². The summed E-state index contributed by atoms with van der Waals surface area (Å²) >= 11 is 1.66. The van der Waals surface area contributed by atoms with Crippen LogP contribution in [0.5, 0.6) is 0 Å². The molecule has 0 spiro atoms. The standard InChI is InChI=1S/C56H55N4O2S/c1-9-58(52-39(5)19-17-20-40(52)6)47-31-27-44(28-32-47)50(45-29-33-48(34-30-45)60(35-36-62-56(61)38(3)4)53-41(7)21-18-22-42(53)8)54-51(43-23-13-11-14-24-43)49(37-57)55(63-54)59(10-2)46-25-15-12-16-26-46/h11-34H,3,9-10,35-36H2,1-2,4-8H3/q+1. The molecular weight excluding hydrogens is 793 g/mol. The Morgan fingerprint density at radius 3 is 1.86 bits per heavy atom. The first kappa shape index (κ1) is 44.1. The predicted molar refractivity (Wildman–Crippen MR) is 264 cm³/mol. The summed E-state index contributed by atoms with van der Waals surface area (Å²) in [5.41, 5.74) is 16.2. The molecule has 0 atom stereocenters. The number of ether oxygens (including phenoxy) is 1. The van der Waals surface area contributed by atoms with Crippen molar-refractivity contribution in [2.45, 2.75) is 48.5 Å². The third kappa shape index (κ3) is 9.28. The molecule has 6 nitrogen and oxygen atoms in total. The summed E-state index contributed by atoms with van der Waals surface area (Å²) in [6, 6.07) is 44.7. The van der Waals surface area contributed by atoms with Gasteiger partial charge in [-0.3, -0.25) is 0 Å². The quantitative estimate of drug-likeness (QED) is 0.0621. The Kier molecular flexibility index (Phi) is 13.8. The van der Waals surface area contributed by atoms with E-state index in [9.17, 15) is 10.1 Å². The van der Waals surface area contributed by atoms with Crippen LogP contribution in [-0.2, 0) is 9.53 Å². The van der Waals surface area contributed by atoms with Crippen LogP contribution in [0.25, 0.3) is 16.7 Å². The van der Waals surface area contributed by atoms with Crippen LogP contribution in [0.2, 0.25) is 0 Å². The number of hydrogen-bond donors (Lipinski definition) is 0. The van der Waals surface area contributed by atoms with E-state index in [1.807, 2.05) is 36.4 Å². The Bertz CT molecular complexity index is 2760. The highest BCUT2D eigenvalue weighted by molar-refractivity contribution is 7.18. The second kappa shape index (κ2) is 19.8. The van der Waals surface area contributed by atoms with E-state index < -0.39 is 5.97 Å². The Morgan fingerprint density at radius 2 is 1.30 bits per heavy atom. The maximum absolute atomic E-state index is 12.4. The number of carbonyl (C=O) groups excluding carboxylic acids is 1. The number of esters is 1. The molecule has 6 aromatic rings. The Labute approximate surface area is 377 Å². The number of carbonyl (C=O) groups is 1. The number of thiophene rings is 1. The zero-order chi connectivity index (χ0) is 44.6. The molecule has 0 bridgehead atoms. The first-order valence-corrected chi connectivity index (χ1v) is 22.4. The minimum absolute atomic E-state index is 0.201. The van der Waals surface area contributed by atoms with Crippen LogP contribution in [0.1, 0.15) is 59.0 Å². The van der Waals surface area contributed by atoms with Crippen molar-refractivity contribution >= 4 is 56.3 Å². The molecule has 0 saturated heterocycles. The van der Waals surface area contributed by atoms with Crippen molar-refractivity contribution < 1.29 is 14.1 Å². The van der Waals surface area contributed by atoms with E-state index in [2.05, 4.69) is 178 Å². The highest BCUT2D eigenvalue weighted by Gasteiger charge is 2.29. The zero-order valence-electron chi connectivity index (χ0n) is 37.4. The Balaban J connectivity index is 1.45. The van der Waals surface area contributed by atoms with Gasteiger partial charge in [0.15, 0.2) is 0 Å². The molecule has 0 radical (unpaired) electrons. The van der Waals surface area contributed by atoms with E-state index in [1.165, 1.54) is 16.8 Å². The summed E-state index contributed by atoms with van der Waals surface area (Å²) < 4.78 is 8.01. The van der Waals surface area contributed by atoms with Gasteiger partial charge in [-0.2, -0.15) is 9.84 Å². The van der Waals surface area contributed by atoms with Crippen molar-refractivity contribution in [3.63, 3.8) is 0 Å². The summed E-state index contributed by atoms with van der Waals surface area (Å²) in [4.78, 5) is 17.9. The minimum atomic E-state index is -0.400. The number of allylic oxidation sites excluding steroid dienone is 5. The van der Waals surface area contributed by atoms with Gasteiger partial charge in [0, 0.05) is 68.5 Å². The average molecular weight is 848 g/mol. The molecule has 7 heteroatoms. The van der Waals surface area contributed by atoms with Gasteiger partial charge in [-0.15, -0.1) is 11.3 Å². The van der Waals surface area contributed by atoms with Crippen LogP contribution in [0, 0.1) is 39.0 Å². The summed E-state index contributed by atoms with van der Waals surface area (Å²) in [6.45, 7) is 20.5. The summed E-state index contributed by atoms with van der Waals surface area (Å²) in [5.74, 6) is -0.400. The molecule has 0 aliphatic heterocycles. The predicted octanol–water partition coefficient (Wildman–Crippen LogP) is 13.7. The molecule has 0 amide bonds. The fourth-order valence-corrected chi connectivity index (χ4v) is 9.97. The van der Waals surface area contributed by atoms with Crippen LogP contribution in [0.4, 0.5) is 27.8 Å². The number of anilines is 4. The Hall–Kier alpha value is -7.01. The van der Waals surface area contributed by atoms with Crippen molar-refractivity contribution in [1.29, 1.82) is 5.26 Å². The van der Waals surface area contributed by atoms with Gasteiger partial charge in [0.2, 0.25) is 11.4 Å². The second-order valence-electron chi connectivity index (χ2n) is 15.8. The average Bonchev–Trinajstić information content (AvgIpc) is 3.67. The van der Waals surface area contributed by atoms with Crippen molar-refractivity contribution in [1.82, 2.24) is 0 Å². The number of rotatable bonds is 14. The molecule has 1 aromatic heterocycles. The zero-order valence-corrected chi connectivity index (χ0v) is 38.2. The van der Waals surface area contributed by atoms with Gasteiger partial charge in [-0.05, 0) is 113 Å². The molecule has 1 aliphatic rings. The molecule has 0 fully saturated rings. The monoisotopic (exact) mass is 847 g/mol. The lowest BCUT2D eigenvalue weighted by Gasteiger charge is -2.28. The van der Waals surface area contributed by atoms with Crippen LogP contribution in [-0.4, -0.2) is 42.5 Å². The van der Waals surface area contributed by atoms with E-state index in [4.69, 9.17) is 4.74 Å². The van der Waals surface area contributed by atoms with Gasteiger partial charge in [0.1, 0.15) is 24.2 Å². The van der Waals surface area contributed by atoms with E-state index in [0.717, 1.165) is 78.2 Å². The number of benzene rings is 5. The van der Waals surface area contributed by atoms with Crippen LogP contribution < -0.4 is 9.80 Å². The molecular formula is C56H55N4O2S+. The van der Waals surface area contributed by atoms with Gasteiger partial charge in [-0.1, -0.05) is 104 Å². The van der Waals surface area contributed by atoms with E-state index in [0.29, 0.717) is 24.2 Å². The van der Waals surface area contributed by atoms with Crippen molar-refractivity contribution in [3.8, 4) is 17.2 Å². The van der Waals surface area contributed by atoms with Crippen LogP contribution in [0.3, 0.4) is 0 Å². The summed E-state index contributed by atoms with van der Waals surface area (Å²) in [6.07, 6.45) is 8.89. The van der Waals surface area contributed by atoms with Crippen molar-refractivity contribution in [2.75, 3.05) is 36.0 Å². The van der Waals surface area contributed by atoms with E-state index in [1.54, 1.807) is 18.3 Å². The molecule has 316 valence electrons. The number of para-hydroxylation sites is 3. The topological polar surface area (TPSA) is 59.6 Å². The van der Waals surface area contributed by atoms with Gasteiger partial charge < -0.3 is 14.5 Å². The third-order valence-corrected chi connectivity index (χ3v) is 12.7. The second-order valence-corrected chi connectivity index (χ2v) is 16.8. The lowest BCUT2D eigenvalue weighted by atomic mass is 9.90. The molecule has 7 rings (SSSR count). The molecule has 1 aliphatic carbocycles. The maximum atomic E-state index is 12.4. The Morgan fingerprint density at radius 1 is 0.730 bits per heavy atom. The van der Waals surface area contributed by atoms with Gasteiger partial charge in [0.05, 0.1) is 12.1 Å². The van der Waals surface area contributed by atoms with Gasteiger partial charge >= 0.3 is 5.97 Å². The minimum Gasteiger partial charge on any atom is -0.460 e. The number of hydrogen-bond acceptors (Lipinski definition) is 6. The van der Waals surface area contributed by atoms with Crippen molar-refractivity contribution in [2.24, 2.45) is 0 Å². The normalized spacial score (nSPS) is 11.9. The van der Waals surface area contributed by atoms with E-state index in [-0.39, 0.29) is 6.61 Å². The molecule has 0 saturated carbocycles. The lowest BCUT2D eigenvalue weighted by Crippen LogP contribution is -2.25. The SMILES string of the molecule is C=C(C)C(=O)OCCN(c1ccc(C(=C2C=CC(=[N+](CC)c3c(C)cccc3C)C=C2)c2sc(N(CC)c3ccccc3)c(C#N)c2-c2ccccc2)cc1)c1c(C)cccc1C. The third-order valence-electron chi connectivity index (χ3n) is 11.5. The van der Waals surface area contributed by atoms with Crippen molar-refractivity contribution in [3.05, 3.63) is 202 Å². The smallest absolute Gasteiger partial charge is 0.333 e. The first-order valence-electron chi connectivity index (χ1n) is 21.6. The molecule has 1 heterocycles. The van der Waals surface area contributed by atoms with Crippen LogP contribution >= 0.6 is 11.3 Å². The number of nitriles is 1. The van der Waals surface area contributed by atoms with Gasteiger partial charge in [-0.25, -0.2) is 4.79 Å². The largest absolute Gasteiger partial charge is 0.460 e. The molecule has 0 N–H and O–H groups in total.